The zero-order valence-corrected chi connectivity index (χ0v) is 9.94. The molecular formula is C14H15NO2. The van der Waals surface area contributed by atoms with Crippen molar-refractivity contribution in [3.05, 3.63) is 48.0 Å². The monoisotopic (exact) mass is 229 g/mol. The van der Waals surface area contributed by atoms with Gasteiger partial charge in [0.05, 0.1) is 7.11 Å². The summed E-state index contributed by atoms with van der Waals surface area (Å²) >= 11 is 0. The van der Waals surface area contributed by atoms with Gasteiger partial charge in [-0.1, -0.05) is 6.07 Å². The molecule has 0 fully saturated rings. The van der Waals surface area contributed by atoms with Gasteiger partial charge in [0.2, 0.25) is 0 Å². The Bertz CT molecular complexity index is 506. The summed E-state index contributed by atoms with van der Waals surface area (Å²) in [4.78, 5) is 0. The van der Waals surface area contributed by atoms with E-state index < -0.39 is 0 Å². The summed E-state index contributed by atoms with van der Waals surface area (Å²) in [5.74, 6) is 2.32. The van der Waals surface area contributed by atoms with Gasteiger partial charge in [0.15, 0.2) is 0 Å². The van der Waals surface area contributed by atoms with Crippen LogP contribution in [0.15, 0.2) is 42.5 Å². The summed E-state index contributed by atoms with van der Waals surface area (Å²) in [7, 11) is 1.64. The van der Waals surface area contributed by atoms with E-state index in [2.05, 4.69) is 0 Å². The molecule has 3 heteroatoms. The molecule has 3 nitrogen and oxygen atoms in total. The highest BCUT2D eigenvalue weighted by Crippen LogP contribution is 2.29. The molecule has 0 unspecified atom stereocenters. The molecule has 2 aromatic rings. The van der Waals surface area contributed by atoms with Crippen LogP contribution < -0.4 is 15.2 Å². The molecule has 0 spiro atoms. The number of nitrogen functional groups attached to an aromatic ring is 1. The first-order valence-corrected chi connectivity index (χ1v) is 5.37. The van der Waals surface area contributed by atoms with Crippen molar-refractivity contribution >= 4 is 5.69 Å². The average Bonchev–Trinajstić information content (AvgIpc) is 2.35. The van der Waals surface area contributed by atoms with Crippen LogP contribution >= 0.6 is 0 Å². The zero-order chi connectivity index (χ0) is 12.3. The van der Waals surface area contributed by atoms with Crippen LogP contribution in [0.25, 0.3) is 0 Å². The molecule has 0 heterocycles. The maximum atomic E-state index is 5.77. The molecule has 2 aromatic carbocycles. The number of methoxy groups -OCH3 is 1. The van der Waals surface area contributed by atoms with Crippen LogP contribution in [0.5, 0.6) is 17.2 Å². The van der Waals surface area contributed by atoms with Crippen LogP contribution in [-0.4, -0.2) is 7.11 Å². The van der Waals surface area contributed by atoms with Gasteiger partial charge in [-0.2, -0.15) is 0 Å². The van der Waals surface area contributed by atoms with Gasteiger partial charge in [0.25, 0.3) is 0 Å². The highest BCUT2D eigenvalue weighted by molar-refractivity contribution is 5.46. The fourth-order valence-corrected chi connectivity index (χ4v) is 1.48. The Hall–Kier alpha value is -2.16. The number of hydrogen-bond donors (Lipinski definition) is 1. The molecule has 0 aliphatic carbocycles. The fraction of sp³-hybridized carbons (Fsp3) is 0.143. The Kier molecular flexibility index (Phi) is 3.19. The summed E-state index contributed by atoms with van der Waals surface area (Å²) in [5.41, 5.74) is 7.40. The minimum absolute atomic E-state index is 0.722. The van der Waals surface area contributed by atoms with E-state index in [4.69, 9.17) is 15.2 Å². The molecule has 0 aromatic heterocycles. The SMILES string of the molecule is COc1ccc(C)c(Oc2ccc(N)cc2)c1. The summed E-state index contributed by atoms with van der Waals surface area (Å²) in [6.45, 7) is 1.99. The number of rotatable bonds is 3. The summed E-state index contributed by atoms with van der Waals surface area (Å²) < 4.78 is 10.9. The Balaban J connectivity index is 2.25. The van der Waals surface area contributed by atoms with E-state index >= 15 is 0 Å². The van der Waals surface area contributed by atoms with Crippen LogP contribution in [0.1, 0.15) is 5.56 Å². The van der Waals surface area contributed by atoms with Gasteiger partial charge in [-0.15, -0.1) is 0 Å². The molecule has 0 aliphatic heterocycles. The standard InChI is InChI=1S/C14H15NO2/c1-10-3-6-13(16-2)9-14(10)17-12-7-4-11(15)5-8-12/h3-9H,15H2,1-2H3. The predicted molar refractivity (Wildman–Crippen MR) is 68.7 cm³/mol. The Labute approximate surface area is 101 Å². The lowest BCUT2D eigenvalue weighted by Gasteiger charge is -2.10. The number of benzene rings is 2. The van der Waals surface area contributed by atoms with Crippen LogP contribution in [0.2, 0.25) is 0 Å². The molecule has 0 radical (unpaired) electrons. The van der Waals surface area contributed by atoms with Crippen LogP contribution in [0.3, 0.4) is 0 Å². The first kappa shape index (κ1) is 11.3. The highest BCUT2D eigenvalue weighted by Gasteiger charge is 2.03. The van der Waals surface area contributed by atoms with Crippen molar-refractivity contribution in [2.45, 2.75) is 6.92 Å². The minimum Gasteiger partial charge on any atom is -0.497 e. The van der Waals surface area contributed by atoms with Gasteiger partial charge < -0.3 is 15.2 Å². The maximum absolute atomic E-state index is 5.77. The summed E-state index contributed by atoms with van der Waals surface area (Å²) in [6.07, 6.45) is 0. The maximum Gasteiger partial charge on any atom is 0.134 e. The molecule has 0 amide bonds. The van der Waals surface area contributed by atoms with Gasteiger partial charge in [-0.3, -0.25) is 0 Å². The van der Waals surface area contributed by atoms with Crippen molar-refractivity contribution in [3.8, 4) is 17.2 Å². The summed E-state index contributed by atoms with van der Waals surface area (Å²) in [6, 6.07) is 13.0. The van der Waals surface area contributed by atoms with E-state index in [1.807, 2.05) is 49.4 Å². The molecule has 0 saturated heterocycles. The van der Waals surface area contributed by atoms with Crippen molar-refractivity contribution in [2.75, 3.05) is 12.8 Å². The van der Waals surface area contributed by atoms with Crippen molar-refractivity contribution in [1.29, 1.82) is 0 Å². The highest BCUT2D eigenvalue weighted by atomic mass is 16.5. The number of aryl methyl sites for hydroxylation is 1. The molecule has 88 valence electrons. The lowest BCUT2D eigenvalue weighted by Crippen LogP contribution is -1.90. The van der Waals surface area contributed by atoms with E-state index in [9.17, 15) is 0 Å². The smallest absolute Gasteiger partial charge is 0.134 e. The second-order valence-electron chi connectivity index (χ2n) is 3.80. The van der Waals surface area contributed by atoms with E-state index in [-0.39, 0.29) is 0 Å². The molecule has 0 bridgehead atoms. The van der Waals surface area contributed by atoms with Crippen molar-refractivity contribution < 1.29 is 9.47 Å². The molecule has 2 N–H and O–H groups in total. The van der Waals surface area contributed by atoms with E-state index in [0.717, 1.165) is 28.5 Å². The van der Waals surface area contributed by atoms with Crippen molar-refractivity contribution in [3.63, 3.8) is 0 Å². The van der Waals surface area contributed by atoms with E-state index in [1.54, 1.807) is 7.11 Å². The van der Waals surface area contributed by atoms with Crippen LogP contribution in [0, 0.1) is 6.92 Å². The third-order valence-electron chi connectivity index (χ3n) is 2.50. The number of hydrogen-bond acceptors (Lipinski definition) is 3. The van der Waals surface area contributed by atoms with Gasteiger partial charge >= 0.3 is 0 Å². The quantitative estimate of drug-likeness (QED) is 0.820. The number of ether oxygens (including phenoxy) is 2. The second-order valence-corrected chi connectivity index (χ2v) is 3.80. The lowest BCUT2D eigenvalue weighted by molar-refractivity contribution is 0.408. The topological polar surface area (TPSA) is 44.5 Å². The average molecular weight is 229 g/mol. The van der Waals surface area contributed by atoms with Gasteiger partial charge in [0.1, 0.15) is 17.2 Å². The summed E-state index contributed by atoms with van der Waals surface area (Å²) in [5, 5.41) is 0. The third-order valence-corrected chi connectivity index (χ3v) is 2.50. The predicted octanol–water partition coefficient (Wildman–Crippen LogP) is 3.38. The Morgan fingerprint density at radius 2 is 1.59 bits per heavy atom. The van der Waals surface area contributed by atoms with E-state index in [1.165, 1.54) is 0 Å². The first-order valence-electron chi connectivity index (χ1n) is 5.37. The second kappa shape index (κ2) is 4.78. The third kappa shape index (κ3) is 2.69. The lowest BCUT2D eigenvalue weighted by atomic mass is 10.2. The van der Waals surface area contributed by atoms with Crippen molar-refractivity contribution in [1.82, 2.24) is 0 Å². The minimum atomic E-state index is 0.722. The zero-order valence-electron chi connectivity index (χ0n) is 9.94. The molecule has 0 atom stereocenters. The van der Waals surface area contributed by atoms with Gasteiger partial charge in [0, 0.05) is 11.8 Å². The van der Waals surface area contributed by atoms with Crippen LogP contribution in [-0.2, 0) is 0 Å². The molecule has 17 heavy (non-hydrogen) atoms. The molecular weight excluding hydrogens is 214 g/mol. The van der Waals surface area contributed by atoms with E-state index in [0.29, 0.717) is 0 Å². The van der Waals surface area contributed by atoms with Gasteiger partial charge in [-0.05, 0) is 42.8 Å². The molecule has 2 rings (SSSR count). The number of nitrogens with two attached hydrogens (primary N) is 1. The largest absolute Gasteiger partial charge is 0.497 e. The Morgan fingerprint density at radius 1 is 0.941 bits per heavy atom. The van der Waals surface area contributed by atoms with Crippen LogP contribution in [0.4, 0.5) is 5.69 Å². The number of anilines is 1. The molecule has 0 aliphatic rings. The first-order chi connectivity index (χ1) is 8.19. The fourth-order valence-electron chi connectivity index (χ4n) is 1.48. The van der Waals surface area contributed by atoms with Crippen molar-refractivity contribution in [2.24, 2.45) is 0 Å². The normalized spacial score (nSPS) is 10.0. The molecule has 0 saturated carbocycles. The van der Waals surface area contributed by atoms with Gasteiger partial charge in [-0.25, -0.2) is 0 Å². The Morgan fingerprint density at radius 3 is 2.24 bits per heavy atom.